The smallest absolute Gasteiger partial charge is 0.233 e. The van der Waals surface area contributed by atoms with Crippen molar-refractivity contribution in [2.24, 2.45) is 0 Å². The molecule has 2 aromatic heterocycles. The number of carbonyl (C=O) groups is 2. The highest BCUT2D eigenvalue weighted by Gasteiger charge is 2.18. The van der Waals surface area contributed by atoms with Crippen LogP contribution >= 0.6 is 11.3 Å². The molecule has 8 heteroatoms. The Hall–Kier alpha value is -4.04. The number of thiophene rings is 1. The van der Waals surface area contributed by atoms with Crippen LogP contribution in [-0.4, -0.2) is 16.8 Å². The van der Waals surface area contributed by atoms with E-state index in [4.69, 9.17) is 4.74 Å². The number of nitrogens with one attached hydrogen (secondary N) is 4. The maximum absolute atomic E-state index is 12.3. The number of para-hydroxylation sites is 1. The van der Waals surface area contributed by atoms with E-state index < -0.39 is 0 Å². The highest BCUT2D eigenvalue weighted by molar-refractivity contribution is 7.20. The molecule has 0 spiro atoms. The molecule has 33 heavy (non-hydrogen) atoms. The molecular weight excluding hydrogens is 436 g/mol. The normalized spacial score (nSPS) is 12.1. The van der Waals surface area contributed by atoms with Crippen molar-refractivity contribution >= 4 is 50.4 Å². The molecule has 0 radical (unpaired) electrons. The molecule has 0 aliphatic carbocycles. The van der Waals surface area contributed by atoms with Gasteiger partial charge in [-0.3, -0.25) is 9.59 Å². The number of benzene rings is 2. The molecule has 5 rings (SSSR count). The van der Waals surface area contributed by atoms with Crippen LogP contribution in [-0.2, 0) is 16.0 Å². The van der Waals surface area contributed by atoms with Crippen LogP contribution < -0.4 is 20.7 Å². The zero-order valence-electron chi connectivity index (χ0n) is 17.9. The molecule has 4 N–H and O–H groups in total. The summed E-state index contributed by atoms with van der Waals surface area (Å²) < 4.78 is 7.28. The minimum absolute atomic E-state index is 0.262. The number of aryl methyl sites for hydroxylation is 1. The average Bonchev–Trinajstić information content (AvgIpc) is 3.46. The number of ether oxygens (including phenoxy) is 1. The number of anilines is 2. The molecular formula is C25H22N4O3S. The van der Waals surface area contributed by atoms with Crippen LogP contribution in [0.25, 0.3) is 15.9 Å². The van der Waals surface area contributed by atoms with E-state index >= 15 is 0 Å². The number of aromatic amines is 1. The third kappa shape index (κ3) is 4.75. The van der Waals surface area contributed by atoms with Crippen molar-refractivity contribution in [3.63, 3.8) is 0 Å². The molecule has 4 aromatic rings. The minimum Gasteiger partial charge on any atom is -0.454 e. The van der Waals surface area contributed by atoms with E-state index in [1.54, 1.807) is 29.5 Å². The Morgan fingerprint density at radius 1 is 0.970 bits per heavy atom. The van der Waals surface area contributed by atoms with E-state index in [0.717, 1.165) is 39.4 Å². The molecule has 2 aromatic carbocycles. The summed E-state index contributed by atoms with van der Waals surface area (Å²) in [4.78, 5) is 28.9. The lowest BCUT2D eigenvalue weighted by molar-refractivity contribution is -0.123. The first-order valence-electron chi connectivity index (χ1n) is 10.6. The molecule has 1 aliphatic heterocycles. The van der Waals surface area contributed by atoms with Crippen molar-refractivity contribution in [1.82, 2.24) is 10.3 Å². The van der Waals surface area contributed by atoms with Gasteiger partial charge in [0.15, 0.2) is 5.75 Å². The van der Waals surface area contributed by atoms with E-state index in [-0.39, 0.29) is 18.2 Å². The third-order valence-corrected chi connectivity index (χ3v) is 6.38. The van der Waals surface area contributed by atoms with Gasteiger partial charge in [-0.05, 0) is 48.4 Å². The van der Waals surface area contributed by atoms with Crippen molar-refractivity contribution in [3.05, 3.63) is 77.4 Å². The van der Waals surface area contributed by atoms with Crippen LogP contribution in [0.4, 0.5) is 11.4 Å². The van der Waals surface area contributed by atoms with Crippen LogP contribution in [0.2, 0.25) is 0 Å². The molecule has 0 bridgehead atoms. The Balaban J connectivity index is 1.25. The van der Waals surface area contributed by atoms with Crippen molar-refractivity contribution in [2.75, 3.05) is 10.6 Å². The van der Waals surface area contributed by atoms with Gasteiger partial charge < -0.3 is 25.7 Å². The van der Waals surface area contributed by atoms with Gasteiger partial charge >= 0.3 is 0 Å². The van der Waals surface area contributed by atoms with Gasteiger partial charge in [0.25, 0.3) is 0 Å². The van der Waals surface area contributed by atoms with Gasteiger partial charge in [0, 0.05) is 23.8 Å². The predicted molar refractivity (Wildman–Crippen MR) is 132 cm³/mol. The predicted octanol–water partition coefficient (Wildman–Crippen LogP) is 5.45. The third-order valence-electron chi connectivity index (χ3n) is 5.19. The average molecular weight is 459 g/mol. The lowest BCUT2D eigenvalue weighted by Gasteiger charge is -2.12. The zero-order valence-corrected chi connectivity index (χ0v) is 18.7. The number of fused-ring (bicyclic) bond motifs is 1. The number of hydrogen-bond acceptors (Lipinski definition) is 5. The summed E-state index contributed by atoms with van der Waals surface area (Å²) in [5, 5.41) is 8.63. The van der Waals surface area contributed by atoms with E-state index in [9.17, 15) is 9.59 Å². The summed E-state index contributed by atoms with van der Waals surface area (Å²) in [7, 11) is 0. The summed E-state index contributed by atoms with van der Waals surface area (Å²) in [6.45, 7) is 2.03. The summed E-state index contributed by atoms with van der Waals surface area (Å²) >= 11 is 1.67. The molecule has 0 unspecified atom stereocenters. The summed E-state index contributed by atoms with van der Waals surface area (Å²) in [5.74, 6) is 0.766. The first-order chi connectivity index (χ1) is 16.1. The molecule has 166 valence electrons. The molecule has 3 heterocycles. The van der Waals surface area contributed by atoms with E-state index in [0.29, 0.717) is 11.4 Å². The fourth-order valence-electron chi connectivity index (χ4n) is 3.51. The second kappa shape index (κ2) is 8.84. The Morgan fingerprint density at radius 2 is 1.73 bits per heavy atom. The minimum atomic E-state index is -0.374. The van der Waals surface area contributed by atoms with Crippen LogP contribution in [0.1, 0.15) is 23.8 Å². The number of carbonyl (C=O) groups excluding carboxylic acids is 2. The van der Waals surface area contributed by atoms with Crippen molar-refractivity contribution < 1.29 is 14.3 Å². The van der Waals surface area contributed by atoms with Crippen molar-refractivity contribution in [2.45, 2.75) is 19.8 Å². The fraction of sp³-hybridized carbons (Fsp3) is 0.120. The van der Waals surface area contributed by atoms with Crippen LogP contribution in [0.15, 0.2) is 67.0 Å². The highest BCUT2D eigenvalue weighted by Crippen LogP contribution is 2.40. The molecule has 1 aliphatic rings. The zero-order chi connectivity index (χ0) is 22.8. The topological polar surface area (TPSA) is 105 Å². The number of rotatable bonds is 8. The number of hydrogen-bond donors (Lipinski definition) is 4. The quantitative estimate of drug-likeness (QED) is 0.263. The fourth-order valence-corrected chi connectivity index (χ4v) is 4.56. The van der Waals surface area contributed by atoms with Crippen LogP contribution in [0, 0.1) is 0 Å². The van der Waals surface area contributed by atoms with E-state index in [1.807, 2.05) is 49.7 Å². The Labute approximate surface area is 194 Å². The molecule has 2 amide bonds. The van der Waals surface area contributed by atoms with E-state index in [2.05, 4.69) is 27.0 Å². The number of amides is 2. The SMILES string of the molecule is CCc1cc(NC(=O)CC(=O)Nc2ccccc2)ccc1Oc1c[nH]c2cc(C3=CN3)sc12. The Kier molecular flexibility index (Phi) is 5.58. The summed E-state index contributed by atoms with van der Waals surface area (Å²) in [6.07, 6.45) is 4.30. The molecule has 0 saturated heterocycles. The van der Waals surface area contributed by atoms with Gasteiger partial charge in [-0.1, -0.05) is 25.1 Å². The van der Waals surface area contributed by atoms with Gasteiger partial charge in [-0.15, -0.1) is 11.3 Å². The second-order valence-corrected chi connectivity index (χ2v) is 8.68. The first-order valence-corrected chi connectivity index (χ1v) is 11.4. The summed E-state index contributed by atoms with van der Waals surface area (Å²) in [5.41, 5.74) is 4.42. The summed E-state index contributed by atoms with van der Waals surface area (Å²) in [6, 6.07) is 16.7. The van der Waals surface area contributed by atoms with Gasteiger partial charge in [0.05, 0.1) is 20.8 Å². The van der Waals surface area contributed by atoms with E-state index in [1.165, 1.54) is 4.88 Å². The Bertz CT molecular complexity index is 1370. The molecule has 0 fully saturated rings. The maximum Gasteiger partial charge on any atom is 0.233 e. The monoisotopic (exact) mass is 458 g/mol. The first kappa shape index (κ1) is 20.8. The molecule has 0 saturated carbocycles. The van der Waals surface area contributed by atoms with Gasteiger partial charge in [-0.25, -0.2) is 0 Å². The van der Waals surface area contributed by atoms with Crippen molar-refractivity contribution in [3.8, 4) is 11.5 Å². The highest BCUT2D eigenvalue weighted by atomic mass is 32.1. The van der Waals surface area contributed by atoms with Crippen LogP contribution in [0.5, 0.6) is 11.5 Å². The molecule has 7 nitrogen and oxygen atoms in total. The lowest BCUT2D eigenvalue weighted by Crippen LogP contribution is -2.21. The maximum atomic E-state index is 12.3. The van der Waals surface area contributed by atoms with Crippen LogP contribution in [0.3, 0.4) is 0 Å². The van der Waals surface area contributed by atoms with Gasteiger partial charge in [0.2, 0.25) is 11.8 Å². The Morgan fingerprint density at radius 3 is 2.45 bits per heavy atom. The number of H-pyrrole nitrogens is 1. The van der Waals surface area contributed by atoms with Crippen molar-refractivity contribution in [1.29, 1.82) is 0 Å². The van der Waals surface area contributed by atoms with Gasteiger partial charge in [0.1, 0.15) is 12.2 Å². The largest absolute Gasteiger partial charge is 0.454 e. The standard InChI is InChI=1S/C25H22N4O3S/c1-2-15-10-17(29-24(31)12-23(30)28-16-6-4-3-5-7-16)8-9-20(15)32-21-14-27-18-11-22(19-13-26-19)33-25(18)21/h3-11,13-14,26-27H,2,12H2,1H3,(H,28,30)(H,29,31). The molecule has 0 atom stereocenters. The lowest BCUT2D eigenvalue weighted by atomic mass is 10.1. The number of aromatic nitrogens is 1. The second-order valence-electron chi connectivity index (χ2n) is 7.63. The van der Waals surface area contributed by atoms with Gasteiger partial charge in [-0.2, -0.15) is 0 Å².